The molecule has 0 spiro atoms. The van der Waals surface area contributed by atoms with Crippen LogP contribution in [0.5, 0.6) is 0 Å². The standard InChI is InChI=1S/C19H24FN3O9/c20-12-6-4-11(5-7-12)16(26)21-10-2-1-3-13(17(27)28)22-19(31)23(32)14(18(29)30)8-9-15(24)25/h4-7,13-14,32H,1-3,8-10H2,(H,21,26)(H,22,31)(H,24,25)(H,27,28)(H,29,30). The zero-order valence-electron chi connectivity index (χ0n) is 16.9. The minimum atomic E-state index is -1.87. The third-order valence-corrected chi connectivity index (χ3v) is 4.33. The molecule has 2 atom stereocenters. The van der Waals surface area contributed by atoms with E-state index in [0.717, 1.165) is 12.1 Å². The fraction of sp³-hybridized carbons (Fsp3) is 0.421. The van der Waals surface area contributed by atoms with Crippen molar-refractivity contribution in [3.8, 4) is 0 Å². The molecule has 0 radical (unpaired) electrons. The third-order valence-electron chi connectivity index (χ3n) is 4.33. The highest BCUT2D eigenvalue weighted by Crippen LogP contribution is 2.08. The highest BCUT2D eigenvalue weighted by atomic mass is 19.1. The molecule has 6 N–H and O–H groups in total. The largest absolute Gasteiger partial charge is 0.481 e. The van der Waals surface area contributed by atoms with E-state index in [1.807, 2.05) is 5.32 Å². The second kappa shape index (κ2) is 12.8. The molecule has 0 fully saturated rings. The molecule has 0 saturated heterocycles. The van der Waals surface area contributed by atoms with Crippen LogP contribution in [0.25, 0.3) is 0 Å². The molecule has 0 heterocycles. The number of carboxylic acid groups (broad SMARTS) is 3. The summed E-state index contributed by atoms with van der Waals surface area (Å²) >= 11 is 0. The fourth-order valence-electron chi connectivity index (χ4n) is 2.60. The van der Waals surface area contributed by atoms with E-state index in [4.69, 9.17) is 10.2 Å². The molecule has 0 saturated carbocycles. The van der Waals surface area contributed by atoms with Crippen LogP contribution in [0, 0.1) is 5.82 Å². The summed E-state index contributed by atoms with van der Waals surface area (Å²) in [5.74, 6) is -5.35. The summed E-state index contributed by atoms with van der Waals surface area (Å²) in [5.41, 5.74) is 0.251. The van der Waals surface area contributed by atoms with Crippen molar-refractivity contribution >= 4 is 29.8 Å². The van der Waals surface area contributed by atoms with Crippen molar-refractivity contribution in [1.82, 2.24) is 15.7 Å². The monoisotopic (exact) mass is 457 g/mol. The number of urea groups is 1. The van der Waals surface area contributed by atoms with Gasteiger partial charge in [-0.2, -0.15) is 5.06 Å². The first-order chi connectivity index (χ1) is 15.0. The van der Waals surface area contributed by atoms with Gasteiger partial charge in [0, 0.05) is 18.5 Å². The molecule has 13 heteroatoms. The van der Waals surface area contributed by atoms with Crippen molar-refractivity contribution in [1.29, 1.82) is 0 Å². The van der Waals surface area contributed by atoms with E-state index < -0.39 is 60.6 Å². The van der Waals surface area contributed by atoms with Crippen LogP contribution in [-0.4, -0.2) is 74.1 Å². The van der Waals surface area contributed by atoms with Crippen LogP contribution in [0.2, 0.25) is 0 Å². The number of carboxylic acids is 3. The van der Waals surface area contributed by atoms with Crippen LogP contribution in [0.1, 0.15) is 42.5 Å². The first kappa shape index (κ1) is 26.3. The second-order valence-electron chi connectivity index (χ2n) is 6.73. The lowest BCUT2D eigenvalue weighted by Gasteiger charge is -2.24. The summed E-state index contributed by atoms with van der Waals surface area (Å²) in [4.78, 5) is 57.0. The average molecular weight is 457 g/mol. The van der Waals surface area contributed by atoms with Gasteiger partial charge in [-0.05, 0) is 49.9 Å². The van der Waals surface area contributed by atoms with Gasteiger partial charge >= 0.3 is 23.9 Å². The van der Waals surface area contributed by atoms with E-state index >= 15 is 0 Å². The smallest absolute Gasteiger partial charge is 0.342 e. The summed E-state index contributed by atoms with van der Waals surface area (Å²) in [5, 5.41) is 41.0. The van der Waals surface area contributed by atoms with Crippen LogP contribution >= 0.6 is 0 Å². The zero-order valence-corrected chi connectivity index (χ0v) is 16.9. The molecule has 0 bridgehead atoms. The number of rotatable bonds is 13. The van der Waals surface area contributed by atoms with Gasteiger partial charge in [-0.1, -0.05) is 0 Å². The highest BCUT2D eigenvalue weighted by Gasteiger charge is 2.31. The van der Waals surface area contributed by atoms with Crippen LogP contribution in [0.4, 0.5) is 9.18 Å². The number of nitrogens with zero attached hydrogens (tertiary/aromatic N) is 1. The second-order valence-corrected chi connectivity index (χ2v) is 6.73. The maximum Gasteiger partial charge on any atom is 0.342 e. The predicted molar refractivity (Wildman–Crippen MR) is 104 cm³/mol. The molecule has 3 amide bonds. The lowest BCUT2D eigenvalue weighted by Crippen LogP contribution is -2.52. The number of hydroxylamine groups is 2. The Hall–Kier alpha value is -3.74. The number of aliphatic carboxylic acids is 3. The average Bonchev–Trinajstić information content (AvgIpc) is 2.72. The number of hydrogen-bond acceptors (Lipinski definition) is 6. The van der Waals surface area contributed by atoms with E-state index in [-0.39, 0.29) is 30.0 Å². The first-order valence-electron chi connectivity index (χ1n) is 9.52. The maximum absolute atomic E-state index is 12.9. The number of halogens is 1. The molecule has 0 aromatic heterocycles. The number of unbranched alkanes of at least 4 members (excludes halogenated alkanes) is 1. The fourth-order valence-corrected chi connectivity index (χ4v) is 2.60. The number of carbonyl (C=O) groups excluding carboxylic acids is 2. The van der Waals surface area contributed by atoms with E-state index in [9.17, 15) is 38.7 Å². The maximum atomic E-state index is 12.9. The Kier molecular flexibility index (Phi) is 10.6. The Labute approximate surface area is 181 Å². The quantitative estimate of drug-likeness (QED) is 0.142. The molecular formula is C19H24FN3O9. The number of amides is 3. The van der Waals surface area contributed by atoms with Gasteiger partial charge in [0.25, 0.3) is 5.91 Å². The summed E-state index contributed by atoms with van der Waals surface area (Å²) in [7, 11) is 0. The van der Waals surface area contributed by atoms with Gasteiger partial charge in [-0.3, -0.25) is 14.8 Å². The number of nitrogens with one attached hydrogen (secondary N) is 2. The summed E-state index contributed by atoms with van der Waals surface area (Å²) in [6.07, 6.45) is -0.721. The molecule has 2 unspecified atom stereocenters. The van der Waals surface area contributed by atoms with Gasteiger partial charge in [0.15, 0.2) is 6.04 Å². The van der Waals surface area contributed by atoms with E-state index in [1.165, 1.54) is 12.1 Å². The van der Waals surface area contributed by atoms with E-state index in [2.05, 4.69) is 5.32 Å². The van der Waals surface area contributed by atoms with Gasteiger partial charge in [0.1, 0.15) is 11.9 Å². The molecule has 12 nitrogen and oxygen atoms in total. The summed E-state index contributed by atoms with van der Waals surface area (Å²) in [6, 6.07) is 0.150. The van der Waals surface area contributed by atoms with Gasteiger partial charge < -0.3 is 26.0 Å². The van der Waals surface area contributed by atoms with Gasteiger partial charge in [0.05, 0.1) is 0 Å². The third kappa shape index (κ3) is 8.95. The van der Waals surface area contributed by atoms with Crippen LogP contribution in [0.15, 0.2) is 24.3 Å². The van der Waals surface area contributed by atoms with Crippen molar-refractivity contribution in [3.63, 3.8) is 0 Å². The van der Waals surface area contributed by atoms with Gasteiger partial charge in [0.2, 0.25) is 0 Å². The minimum Gasteiger partial charge on any atom is -0.481 e. The van der Waals surface area contributed by atoms with Crippen LogP contribution in [-0.2, 0) is 14.4 Å². The van der Waals surface area contributed by atoms with Crippen molar-refractivity contribution in [2.24, 2.45) is 0 Å². The van der Waals surface area contributed by atoms with E-state index in [1.54, 1.807) is 0 Å². The highest BCUT2D eigenvalue weighted by molar-refractivity contribution is 5.94. The zero-order chi connectivity index (χ0) is 24.3. The molecule has 0 aliphatic carbocycles. The van der Waals surface area contributed by atoms with Crippen molar-refractivity contribution in [3.05, 3.63) is 35.6 Å². The Balaban J connectivity index is 2.49. The first-order valence-corrected chi connectivity index (χ1v) is 9.52. The summed E-state index contributed by atoms with van der Waals surface area (Å²) in [6.45, 7) is 0.179. The molecule has 1 rings (SSSR count). The lowest BCUT2D eigenvalue weighted by atomic mass is 10.1. The van der Waals surface area contributed by atoms with Crippen molar-refractivity contribution in [2.75, 3.05) is 6.54 Å². The number of hydrogen-bond donors (Lipinski definition) is 6. The molecule has 0 aliphatic rings. The number of carbonyl (C=O) groups is 5. The molecular weight excluding hydrogens is 433 g/mol. The molecule has 1 aromatic rings. The SMILES string of the molecule is O=C(O)CCC(C(=O)O)N(O)C(=O)NC(CCCCNC(=O)c1ccc(F)cc1)C(=O)O. The Morgan fingerprint density at radius 1 is 0.938 bits per heavy atom. The Bertz CT molecular complexity index is 832. The number of benzene rings is 1. The van der Waals surface area contributed by atoms with Gasteiger partial charge in [-0.25, -0.2) is 18.8 Å². The molecule has 0 aliphatic heterocycles. The predicted octanol–water partition coefficient (Wildman–Crippen LogP) is 0.898. The Morgan fingerprint density at radius 2 is 1.56 bits per heavy atom. The Morgan fingerprint density at radius 3 is 2.09 bits per heavy atom. The lowest BCUT2D eigenvalue weighted by molar-refractivity contribution is -0.158. The van der Waals surface area contributed by atoms with Crippen molar-refractivity contribution < 1.29 is 48.9 Å². The van der Waals surface area contributed by atoms with Crippen LogP contribution < -0.4 is 10.6 Å². The molecule has 176 valence electrons. The van der Waals surface area contributed by atoms with Crippen molar-refractivity contribution in [2.45, 2.75) is 44.2 Å². The van der Waals surface area contributed by atoms with Crippen LogP contribution in [0.3, 0.4) is 0 Å². The van der Waals surface area contributed by atoms with E-state index in [0.29, 0.717) is 6.42 Å². The molecule has 1 aromatic carbocycles. The summed E-state index contributed by atoms with van der Waals surface area (Å²) < 4.78 is 12.9. The topological polar surface area (TPSA) is 194 Å². The van der Waals surface area contributed by atoms with Gasteiger partial charge in [-0.15, -0.1) is 0 Å². The normalized spacial score (nSPS) is 12.3. The molecule has 32 heavy (non-hydrogen) atoms. The minimum absolute atomic E-state index is 0.0891.